The van der Waals surface area contributed by atoms with Crippen LogP contribution in [0, 0.1) is 17.2 Å². The summed E-state index contributed by atoms with van der Waals surface area (Å²) in [5, 5.41) is 0. The van der Waals surface area contributed by atoms with Crippen molar-refractivity contribution in [3.05, 3.63) is 35.6 Å². The fraction of sp³-hybridized carbons (Fsp3) is 0.625. The predicted molar refractivity (Wildman–Crippen MR) is 112 cm³/mol. The highest BCUT2D eigenvalue weighted by molar-refractivity contribution is 6.08. The minimum Gasteiger partial charge on any atom is -0.468 e. The Morgan fingerprint density at radius 1 is 1.19 bits per heavy atom. The number of fused-ring (bicyclic) bond motifs is 2. The number of ketones is 1. The molecule has 7 heteroatoms. The molecule has 6 nitrogen and oxygen atoms in total. The van der Waals surface area contributed by atoms with Gasteiger partial charge in [0.1, 0.15) is 5.82 Å². The number of esters is 1. The van der Waals surface area contributed by atoms with E-state index in [0.29, 0.717) is 32.0 Å². The Bertz CT molecular complexity index is 858. The number of hydrogen-bond acceptors (Lipinski definition) is 5. The van der Waals surface area contributed by atoms with E-state index in [2.05, 4.69) is 11.8 Å². The average Bonchev–Trinajstić information content (AvgIpc) is 3.07. The molecule has 0 aromatic heterocycles. The van der Waals surface area contributed by atoms with Gasteiger partial charge in [-0.1, -0.05) is 19.1 Å². The molecule has 31 heavy (non-hydrogen) atoms. The van der Waals surface area contributed by atoms with Gasteiger partial charge in [-0.15, -0.1) is 0 Å². The molecule has 4 atom stereocenters. The van der Waals surface area contributed by atoms with Crippen LogP contribution < -0.4 is 0 Å². The van der Waals surface area contributed by atoms with Crippen molar-refractivity contribution in [2.24, 2.45) is 11.3 Å². The van der Waals surface area contributed by atoms with E-state index in [4.69, 9.17) is 4.74 Å². The number of amides is 1. The van der Waals surface area contributed by atoms with Crippen molar-refractivity contribution < 1.29 is 23.5 Å². The van der Waals surface area contributed by atoms with Crippen molar-refractivity contribution in [2.75, 3.05) is 20.2 Å². The maximum Gasteiger partial charge on any atom is 0.321 e. The molecule has 3 saturated heterocycles. The van der Waals surface area contributed by atoms with Gasteiger partial charge in [-0.05, 0) is 49.3 Å². The maximum absolute atomic E-state index is 13.4. The van der Waals surface area contributed by atoms with Crippen LogP contribution >= 0.6 is 0 Å². The number of likely N-dealkylation sites (tertiary alicyclic amines) is 1. The fourth-order valence-electron chi connectivity index (χ4n) is 5.79. The molecule has 1 aromatic carbocycles. The molecule has 2 bridgehead atoms. The molecule has 0 N–H and O–H groups in total. The van der Waals surface area contributed by atoms with Crippen molar-refractivity contribution in [3.8, 4) is 0 Å². The summed E-state index contributed by atoms with van der Waals surface area (Å²) < 4.78 is 18.5. The van der Waals surface area contributed by atoms with Crippen molar-refractivity contribution in [3.63, 3.8) is 0 Å². The van der Waals surface area contributed by atoms with Gasteiger partial charge in [-0.25, -0.2) is 4.39 Å². The van der Waals surface area contributed by atoms with Crippen LogP contribution in [0.4, 0.5) is 4.39 Å². The molecular formula is C24H31FN2O4. The van der Waals surface area contributed by atoms with Crippen LogP contribution in [0.25, 0.3) is 0 Å². The van der Waals surface area contributed by atoms with Gasteiger partial charge < -0.3 is 9.64 Å². The first-order valence-corrected chi connectivity index (χ1v) is 11.2. The van der Waals surface area contributed by atoms with Gasteiger partial charge in [0, 0.05) is 38.1 Å². The van der Waals surface area contributed by atoms with Crippen LogP contribution in [0.2, 0.25) is 0 Å². The Labute approximate surface area is 182 Å². The highest BCUT2D eigenvalue weighted by Crippen LogP contribution is 2.48. The number of benzene rings is 1. The van der Waals surface area contributed by atoms with Crippen LogP contribution in [0.5, 0.6) is 0 Å². The van der Waals surface area contributed by atoms with Gasteiger partial charge in [0.2, 0.25) is 5.91 Å². The van der Waals surface area contributed by atoms with E-state index in [1.54, 1.807) is 17.0 Å². The molecule has 0 radical (unpaired) electrons. The third-order valence-corrected chi connectivity index (χ3v) is 7.40. The fourth-order valence-corrected chi connectivity index (χ4v) is 5.79. The summed E-state index contributed by atoms with van der Waals surface area (Å²) in [5.74, 6) is -0.811. The van der Waals surface area contributed by atoms with Crippen molar-refractivity contribution >= 4 is 17.7 Å². The zero-order valence-electron chi connectivity index (χ0n) is 18.3. The smallest absolute Gasteiger partial charge is 0.321 e. The van der Waals surface area contributed by atoms with E-state index in [9.17, 15) is 18.8 Å². The first kappa shape index (κ1) is 21.9. The highest BCUT2D eigenvalue weighted by atomic mass is 19.1. The zero-order valence-corrected chi connectivity index (χ0v) is 18.3. The average molecular weight is 431 g/mol. The van der Waals surface area contributed by atoms with Crippen LogP contribution in [-0.2, 0) is 25.7 Å². The maximum atomic E-state index is 13.4. The van der Waals surface area contributed by atoms with Gasteiger partial charge in [0.25, 0.3) is 0 Å². The molecule has 1 aromatic rings. The lowest BCUT2D eigenvalue weighted by molar-refractivity contribution is -0.171. The molecule has 3 aliphatic rings. The summed E-state index contributed by atoms with van der Waals surface area (Å²) in [5.41, 5.74) is -0.554. The number of halogens is 1. The second kappa shape index (κ2) is 8.69. The molecule has 3 aliphatic heterocycles. The largest absolute Gasteiger partial charge is 0.468 e. The summed E-state index contributed by atoms with van der Waals surface area (Å²) in [6, 6.07) is 5.94. The second-order valence-electron chi connectivity index (χ2n) is 9.40. The Morgan fingerprint density at radius 2 is 1.94 bits per heavy atom. The number of methoxy groups -OCH3 is 1. The second-order valence-corrected chi connectivity index (χ2v) is 9.40. The number of rotatable bonds is 5. The minimum absolute atomic E-state index is 0.0328. The van der Waals surface area contributed by atoms with E-state index >= 15 is 0 Å². The third kappa shape index (κ3) is 4.00. The predicted octanol–water partition coefficient (Wildman–Crippen LogP) is 2.94. The van der Waals surface area contributed by atoms with Gasteiger partial charge in [-0.2, -0.15) is 0 Å². The molecule has 0 aliphatic carbocycles. The number of Topliss-reactive ketones (excluding diaryl/α,β-unsaturated/α-hetero) is 1. The quantitative estimate of drug-likeness (QED) is 0.531. The van der Waals surface area contributed by atoms with Crippen molar-refractivity contribution in [1.82, 2.24) is 9.80 Å². The summed E-state index contributed by atoms with van der Waals surface area (Å²) >= 11 is 0. The standard InChI is InChI=1S/C24H31FN2O4/c1-16-4-3-11-26(14-16)22(29)13-24(23(30)31-2)20-10-9-19(12-21(24)28)27(20)15-17-5-7-18(25)8-6-17/h5-8,16,19-20H,3-4,9-15H2,1-2H3/t16-,19-,20-,24+/m1/s1. The molecule has 1 amide bonds. The Balaban J connectivity index is 1.63. The molecule has 3 heterocycles. The minimum atomic E-state index is -1.47. The molecule has 168 valence electrons. The Morgan fingerprint density at radius 3 is 2.61 bits per heavy atom. The number of carbonyl (C=O) groups is 3. The van der Waals surface area contributed by atoms with E-state index in [-0.39, 0.29) is 42.4 Å². The molecular weight excluding hydrogens is 399 g/mol. The van der Waals surface area contributed by atoms with Crippen molar-refractivity contribution in [2.45, 2.75) is 64.1 Å². The number of nitrogens with zero attached hydrogens (tertiary/aromatic N) is 2. The summed E-state index contributed by atoms with van der Waals surface area (Å²) in [4.78, 5) is 43.7. The molecule has 0 unspecified atom stereocenters. The van der Waals surface area contributed by atoms with Crippen LogP contribution in [-0.4, -0.2) is 59.7 Å². The SMILES string of the molecule is COC(=O)[C@]1(CC(=O)N2CCC[C@@H](C)C2)C(=O)C[C@H]2CC[C@H]1N2Cc1ccc(F)cc1. The summed E-state index contributed by atoms with van der Waals surface area (Å²) in [6.45, 7) is 3.96. The monoisotopic (exact) mass is 430 g/mol. The lowest BCUT2D eigenvalue weighted by Crippen LogP contribution is -2.61. The first-order valence-electron chi connectivity index (χ1n) is 11.2. The highest BCUT2D eigenvalue weighted by Gasteiger charge is 2.62. The van der Waals surface area contributed by atoms with Gasteiger partial charge in [0.15, 0.2) is 11.2 Å². The number of hydrogen-bond donors (Lipinski definition) is 0. The van der Waals surface area contributed by atoms with E-state index in [1.807, 2.05) is 0 Å². The van der Waals surface area contributed by atoms with Crippen LogP contribution in [0.1, 0.15) is 51.0 Å². The number of carbonyl (C=O) groups excluding carboxylic acids is 3. The zero-order chi connectivity index (χ0) is 22.2. The summed E-state index contributed by atoms with van der Waals surface area (Å²) in [7, 11) is 1.29. The van der Waals surface area contributed by atoms with Gasteiger partial charge >= 0.3 is 5.97 Å². The first-order chi connectivity index (χ1) is 14.8. The topological polar surface area (TPSA) is 66.9 Å². The Hall–Kier alpha value is -2.28. The van der Waals surface area contributed by atoms with Crippen LogP contribution in [0.3, 0.4) is 0 Å². The molecule has 4 rings (SSSR count). The van der Waals surface area contributed by atoms with Crippen LogP contribution in [0.15, 0.2) is 24.3 Å². The van der Waals surface area contributed by atoms with E-state index in [0.717, 1.165) is 24.8 Å². The third-order valence-electron chi connectivity index (χ3n) is 7.40. The Kier molecular flexibility index (Phi) is 6.15. The molecule has 0 spiro atoms. The lowest BCUT2D eigenvalue weighted by Gasteiger charge is -2.46. The number of piperidine rings is 2. The molecule has 0 saturated carbocycles. The summed E-state index contributed by atoms with van der Waals surface area (Å²) in [6.07, 6.45) is 3.58. The van der Waals surface area contributed by atoms with Crippen molar-refractivity contribution in [1.29, 1.82) is 0 Å². The van der Waals surface area contributed by atoms with E-state index < -0.39 is 11.4 Å². The molecule has 3 fully saturated rings. The normalized spacial score (nSPS) is 31.0. The van der Waals surface area contributed by atoms with Gasteiger partial charge in [-0.3, -0.25) is 19.3 Å². The lowest BCUT2D eigenvalue weighted by atomic mass is 9.69. The van der Waals surface area contributed by atoms with E-state index in [1.165, 1.54) is 19.2 Å². The van der Waals surface area contributed by atoms with Gasteiger partial charge in [0.05, 0.1) is 13.5 Å². The number of ether oxygens (including phenoxy) is 1.